The summed E-state index contributed by atoms with van der Waals surface area (Å²) in [4.78, 5) is 23.0. The second kappa shape index (κ2) is 4.80. The predicted molar refractivity (Wildman–Crippen MR) is 63.9 cm³/mol. The third-order valence-corrected chi connectivity index (χ3v) is 3.45. The third-order valence-electron chi connectivity index (χ3n) is 3.45. The van der Waals surface area contributed by atoms with Crippen LogP contribution in [0.25, 0.3) is 0 Å². The number of amides is 1. The highest BCUT2D eigenvalue weighted by atomic mass is 16.4. The van der Waals surface area contributed by atoms with Crippen molar-refractivity contribution < 1.29 is 14.7 Å². The van der Waals surface area contributed by atoms with Crippen LogP contribution < -0.4 is 5.32 Å². The number of aliphatic carboxylic acids is 1. The molecule has 0 spiro atoms. The van der Waals surface area contributed by atoms with Gasteiger partial charge in [0.15, 0.2) is 0 Å². The molecule has 1 amide bonds. The lowest BCUT2D eigenvalue weighted by molar-refractivity contribution is -0.151. The molecule has 2 rings (SSSR count). The molecule has 1 aliphatic carbocycles. The average Bonchev–Trinajstić information content (AvgIpc) is 2.76. The summed E-state index contributed by atoms with van der Waals surface area (Å²) in [6.07, 6.45) is 5.56. The molecule has 1 atom stereocenters. The Morgan fingerprint density at radius 1 is 1.56 bits per heavy atom. The van der Waals surface area contributed by atoms with Gasteiger partial charge in [-0.15, -0.1) is 0 Å². The minimum Gasteiger partial charge on any atom is -0.480 e. The average molecular weight is 251 g/mol. The Bertz CT molecular complexity index is 437. The van der Waals surface area contributed by atoms with Crippen LogP contribution in [0.4, 0.5) is 0 Å². The number of carbonyl (C=O) groups is 2. The Balaban J connectivity index is 1.91. The molecule has 0 bridgehead atoms. The Kier molecular flexibility index (Phi) is 3.36. The van der Waals surface area contributed by atoms with Gasteiger partial charge in [-0.1, -0.05) is 0 Å². The molecule has 18 heavy (non-hydrogen) atoms. The van der Waals surface area contributed by atoms with Gasteiger partial charge in [-0.05, 0) is 32.3 Å². The highest BCUT2D eigenvalue weighted by Crippen LogP contribution is 2.32. The van der Waals surface area contributed by atoms with Crippen molar-refractivity contribution in [3.8, 4) is 0 Å². The normalized spacial score (nSPS) is 18.7. The van der Waals surface area contributed by atoms with Crippen molar-refractivity contribution in [2.45, 2.75) is 44.2 Å². The molecule has 0 radical (unpaired) electrons. The Morgan fingerprint density at radius 2 is 2.28 bits per heavy atom. The molecule has 1 heterocycles. The highest BCUT2D eigenvalue weighted by molar-refractivity contribution is 5.87. The zero-order valence-electron chi connectivity index (χ0n) is 10.3. The van der Waals surface area contributed by atoms with E-state index in [0.717, 1.165) is 6.42 Å². The van der Waals surface area contributed by atoms with Crippen molar-refractivity contribution in [1.29, 1.82) is 0 Å². The van der Waals surface area contributed by atoms with Gasteiger partial charge in [0.2, 0.25) is 5.91 Å². The van der Waals surface area contributed by atoms with E-state index in [1.807, 2.05) is 6.92 Å². The van der Waals surface area contributed by atoms with Gasteiger partial charge in [0.1, 0.15) is 5.54 Å². The number of rotatable bonds is 5. The number of carbonyl (C=O) groups excluding carboxylic acids is 1. The summed E-state index contributed by atoms with van der Waals surface area (Å²) < 4.78 is 1.69. The summed E-state index contributed by atoms with van der Waals surface area (Å²) in [6.45, 7) is 1.88. The van der Waals surface area contributed by atoms with E-state index < -0.39 is 11.5 Å². The van der Waals surface area contributed by atoms with Crippen LogP contribution in [0.2, 0.25) is 0 Å². The fraction of sp³-hybridized carbons (Fsp3) is 0.583. The topological polar surface area (TPSA) is 84.2 Å². The molecule has 0 saturated heterocycles. The smallest absolute Gasteiger partial charge is 0.329 e. The summed E-state index contributed by atoms with van der Waals surface area (Å²) in [5.74, 6) is -1.17. The zero-order valence-corrected chi connectivity index (χ0v) is 10.3. The van der Waals surface area contributed by atoms with Crippen LogP contribution in [0.5, 0.6) is 0 Å². The Labute approximate surface area is 105 Å². The summed E-state index contributed by atoms with van der Waals surface area (Å²) >= 11 is 0. The maximum atomic E-state index is 11.8. The first-order chi connectivity index (χ1) is 8.53. The van der Waals surface area contributed by atoms with E-state index in [1.165, 1.54) is 0 Å². The van der Waals surface area contributed by atoms with Gasteiger partial charge >= 0.3 is 5.97 Å². The Morgan fingerprint density at radius 3 is 2.72 bits per heavy atom. The minimum atomic E-state index is -1.03. The first-order valence-corrected chi connectivity index (χ1v) is 6.07. The second-order valence-corrected chi connectivity index (χ2v) is 4.83. The molecule has 6 heteroatoms. The molecule has 1 aromatic heterocycles. The van der Waals surface area contributed by atoms with Gasteiger partial charge in [-0.3, -0.25) is 9.48 Å². The van der Waals surface area contributed by atoms with Gasteiger partial charge in [0.25, 0.3) is 0 Å². The molecule has 2 N–H and O–H groups in total. The lowest BCUT2D eigenvalue weighted by atomic mass is 9.76. The number of carboxylic acid groups (broad SMARTS) is 1. The molecule has 1 aromatic rings. The fourth-order valence-corrected chi connectivity index (χ4v) is 2.14. The molecule has 6 nitrogen and oxygen atoms in total. The van der Waals surface area contributed by atoms with E-state index in [0.29, 0.717) is 12.8 Å². The summed E-state index contributed by atoms with van der Waals surface area (Å²) in [5.41, 5.74) is -1.03. The fourth-order valence-electron chi connectivity index (χ4n) is 2.14. The van der Waals surface area contributed by atoms with Gasteiger partial charge in [-0.2, -0.15) is 5.10 Å². The first-order valence-electron chi connectivity index (χ1n) is 6.07. The van der Waals surface area contributed by atoms with Gasteiger partial charge in [0, 0.05) is 18.8 Å². The number of aromatic nitrogens is 2. The summed E-state index contributed by atoms with van der Waals surface area (Å²) in [5, 5.41) is 15.8. The van der Waals surface area contributed by atoms with Crippen LogP contribution in [-0.2, 0) is 9.59 Å². The third kappa shape index (κ3) is 2.37. The van der Waals surface area contributed by atoms with Crippen molar-refractivity contribution in [3.05, 3.63) is 18.5 Å². The largest absolute Gasteiger partial charge is 0.480 e. The van der Waals surface area contributed by atoms with Crippen LogP contribution in [0.1, 0.15) is 38.6 Å². The van der Waals surface area contributed by atoms with Gasteiger partial charge in [-0.25, -0.2) is 4.79 Å². The quantitative estimate of drug-likeness (QED) is 0.816. The van der Waals surface area contributed by atoms with Gasteiger partial charge < -0.3 is 10.4 Å². The number of hydrogen-bond acceptors (Lipinski definition) is 3. The van der Waals surface area contributed by atoms with Crippen molar-refractivity contribution >= 4 is 11.9 Å². The number of nitrogens with zero attached hydrogens (tertiary/aromatic N) is 2. The van der Waals surface area contributed by atoms with Crippen molar-refractivity contribution in [2.75, 3.05) is 0 Å². The van der Waals surface area contributed by atoms with Crippen LogP contribution in [0.3, 0.4) is 0 Å². The van der Waals surface area contributed by atoms with E-state index >= 15 is 0 Å². The van der Waals surface area contributed by atoms with E-state index in [-0.39, 0.29) is 18.4 Å². The van der Waals surface area contributed by atoms with Crippen LogP contribution in [-0.4, -0.2) is 32.3 Å². The number of hydrogen-bond donors (Lipinski definition) is 2. The molecule has 98 valence electrons. The van der Waals surface area contributed by atoms with Crippen LogP contribution in [0, 0.1) is 0 Å². The second-order valence-electron chi connectivity index (χ2n) is 4.83. The standard InChI is InChI=1S/C12H17N3O3/c1-9(15-7-3-6-13-15)8-10(16)14-12(11(17)18)4-2-5-12/h3,6-7,9H,2,4-5,8H2,1H3,(H,14,16)(H,17,18)/t9-/m0/s1. The molecule has 1 saturated carbocycles. The van der Waals surface area contributed by atoms with E-state index in [2.05, 4.69) is 10.4 Å². The summed E-state index contributed by atoms with van der Waals surface area (Å²) in [6, 6.07) is 1.71. The molecule has 1 aliphatic rings. The maximum Gasteiger partial charge on any atom is 0.329 e. The molecular formula is C12H17N3O3. The SMILES string of the molecule is C[C@@H](CC(=O)NC1(C(=O)O)CCC1)n1cccn1. The van der Waals surface area contributed by atoms with Crippen LogP contribution in [0.15, 0.2) is 18.5 Å². The lowest BCUT2D eigenvalue weighted by Gasteiger charge is -2.38. The molecule has 0 aromatic carbocycles. The van der Waals surface area contributed by atoms with Crippen molar-refractivity contribution in [3.63, 3.8) is 0 Å². The molecule has 0 unspecified atom stereocenters. The zero-order chi connectivity index (χ0) is 13.2. The van der Waals surface area contributed by atoms with Crippen molar-refractivity contribution in [1.82, 2.24) is 15.1 Å². The lowest BCUT2D eigenvalue weighted by Crippen LogP contribution is -2.59. The maximum absolute atomic E-state index is 11.8. The number of carboxylic acids is 1. The predicted octanol–water partition coefficient (Wildman–Crippen LogP) is 0.958. The number of nitrogens with one attached hydrogen (secondary N) is 1. The van der Waals surface area contributed by atoms with Crippen LogP contribution >= 0.6 is 0 Å². The van der Waals surface area contributed by atoms with E-state index in [1.54, 1.807) is 23.1 Å². The van der Waals surface area contributed by atoms with Crippen molar-refractivity contribution in [2.24, 2.45) is 0 Å². The summed E-state index contributed by atoms with van der Waals surface area (Å²) in [7, 11) is 0. The first kappa shape index (κ1) is 12.6. The Hall–Kier alpha value is -1.85. The van der Waals surface area contributed by atoms with E-state index in [9.17, 15) is 9.59 Å². The monoisotopic (exact) mass is 251 g/mol. The molecule has 1 fully saturated rings. The molecular weight excluding hydrogens is 234 g/mol. The minimum absolute atomic E-state index is 0.0779. The van der Waals surface area contributed by atoms with E-state index in [4.69, 9.17) is 5.11 Å². The van der Waals surface area contributed by atoms with Gasteiger partial charge in [0.05, 0.1) is 6.04 Å². The highest BCUT2D eigenvalue weighted by Gasteiger charge is 2.45. The molecule has 0 aliphatic heterocycles.